The van der Waals surface area contributed by atoms with Crippen LogP contribution < -0.4 is 10.1 Å². The summed E-state index contributed by atoms with van der Waals surface area (Å²) < 4.78 is 46.9. The summed E-state index contributed by atoms with van der Waals surface area (Å²) in [4.78, 5) is 16.5. The zero-order valence-electron chi connectivity index (χ0n) is 14.2. The third-order valence-corrected chi connectivity index (χ3v) is 3.96. The van der Waals surface area contributed by atoms with Crippen molar-refractivity contribution < 1.29 is 27.1 Å². The number of oxazole rings is 1. The first-order valence-corrected chi connectivity index (χ1v) is 8.33. The quantitative estimate of drug-likeness (QED) is 0.807. The van der Waals surface area contributed by atoms with Crippen LogP contribution in [0.5, 0.6) is 5.75 Å². The number of carbonyl (C=O) groups is 1. The van der Waals surface area contributed by atoms with Gasteiger partial charge in [-0.15, -0.1) is 0 Å². The molecule has 1 heterocycles. The second-order valence-electron chi connectivity index (χ2n) is 6.40. The van der Waals surface area contributed by atoms with E-state index in [-0.39, 0.29) is 18.1 Å². The molecule has 0 spiro atoms. The normalized spacial score (nSPS) is 14.3. The van der Waals surface area contributed by atoms with E-state index >= 15 is 0 Å². The molecule has 1 aliphatic rings. The van der Waals surface area contributed by atoms with Gasteiger partial charge in [0.05, 0.1) is 5.69 Å². The molecule has 1 fully saturated rings. The number of hydrogen-bond donors (Lipinski definition) is 1. The first kappa shape index (κ1) is 18.3. The third-order valence-electron chi connectivity index (χ3n) is 3.96. The van der Waals surface area contributed by atoms with Crippen LogP contribution in [-0.2, 0) is 13.0 Å². The van der Waals surface area contributed by atoms with Gasteiger partial charge in [-0.2, -0.15) is 13.2 Å². The van der Waals surface area contributed by atoms with Crippen LogP contribution in [0.15, 0.2) is 28.7 Å². The molecule has 26 heavy (non-hydrogen) atoms. The van der Waals surface area contributed by atoms with Crippen molar-refractivity contribution in [2.75, 3.05) is 6.61 Å². The predicted molar refractivity (Wildman–Crippen MR) is 86.8 cm³/mol. The van der Waals surface area contributed by atoms with E-state index in [1.54, 1.807) is 19.1 Å². The van der Waals surface area contributed by atoms with E-state index in [0.717, 1.165) is 19.3 Å². The zero-order valence-corrected chi connectivity index (χ0v) is 14.2. The van der Waals surface area contributed by atoms with Crippen LogP contribution in [0.4, 0.5) is 13.2 Å². The van der Waals surface area contributed by atoms with Crippen LogP contribution in [0.2, 0.25) is 0 Å². The maximum atomic E-state index is 12.3. The highest BCUT2D eigenvalue weighted by molar-refractivity contribution is 5.92. The summed E-state index contributed by atoms with van der Waals surface area (Å²) in [5.41, 5.74) is 1.15. The highest BCUT2D eigenvalue weighted by atomic mass is 19.4. The van der Waals surface area contributed by atoms with Crippen LogP contribution >= 0.6 is 0 Å². The van der Waals surface area contributed by atoms with Gasteiger partial charge < -0.3 is 14.5 Å². The molecule has 1 aromatic heterocycles. The first-order valence-electron chi connectivity index (χ1n) is 8.33. The minimum Gasteiger partial charge on any atom is -0.484 e. The lowest BCUT2D eigenvalue weighted by molar-refractivity contribution is -0.153. The van der Waals surface area contributed by atoms with Gasteiger partial charge in [0.2, 0.25) is 5.76 Å². The minimum atomic E-state index is -4.40. The first-order chi connectivity index (χ1) is 12.3. The number of rotatable bonds is 7. The molecule has 0 unspecified atom stereocenters. The highest BCUT2D eigenvalue weighted by Gasteiger charge is 2.28. The molecule has 0 radical (unpaired) electrons. The largest absolute Gasteiger partial charge is 0.484 e. The van der Waals surface area contributed by atoms with Gasteiger partial charge in [0.15, 0.2) is 12.5 Å². The van der Waals surface area contributed by atoms with Gasteiger partial charge in [0.25, 0.3) is 5.91 Å². The van der Waals surface area contributed by atoms with E-state index in [9.17, 15) is 18.0 Å². The van der Waals surface area contributed by atoms with E-state index in [1.165, 1.54) is 12.1 Å². The Hall–Kier alpha value is -2.51. The lowest BCUT2D eigenvalue weighted by atomic mass is 10.2. The summed E-state index contributed by atoms with van der Waals surface area (Å²) in [6, 6.07) is 6.15. The molecular formula is C18H19F3N2O3. The topological polar surface area (TPSA) is 64.4 Å². The average Bonchev–Trinajstić information content (AvgIpc) is 3.31. The number of ether oxygens (including phenoxy) is 1. The molecule has 0 atom stereocenters. The standard InChI is InChI=1S/C18H19F3N2O3/c1-11-16(26-15(23-11)8-12-5-6-12)17(24)22-9-13-3-2-4-14(7-13)25-10-18(19,20)21/h2-4,7,12H,5-6,8-10H2,1H3,(H,22,24). The molecule has 1 aromatic carbocycles. The van der Waals surface area contributed by atoms with Gasteiger partial charge in [-0.3, -0.25) is 4.79 Å². The Kier molecular flexibility index (Phi) is 5.20. The zero-order chi connectivity index (χ0) is 18.7. The Morgan fingerprint density at radius 2 is 2.15 bits per heavy atom. The summed E-state index contributed by atoms with van der Waals surface area (Å²) in [6.07, 6.45) is -1.33. The van der Waals surface area contributed by atoms with E-state index in [1.807, 2.05) is 0 Å². The van der Waals surface area contributed by atoms with E-state index in [0.29, 0.717) is 23.1 Å². The Labute approximate surface area is 148 Å². The van der Waals surface area contributed by atoms with Gasteiger partial charge in [-0.1, -0.05) is 12.1 Å². The molecule has 1 amide bonds. The molecule has 2 aromatic rings. The van der Waals surface area contributed by atoms with Crippen LogP contribution in [0.25, 0.3) is 0 Å². The second kappa shape index (κ2) is 7.39. The molecular weight excluding hydrogens is 349 g/mol. The molecule has 3 rings (SSSR count). The van der Waals surface area contributed by atoms with Crippen LogP contribution in [0, 0.1) is 12.8 Å². The monoisotopic (exact) mass is 368 g/mol. The van der Waals surface area contributed by atoms with Crippen LogP contribution in [0.1, 0.15) is 40.5 Å². The Bertz CT molecular complexity index is 782. The van der Waals surface area contributed by atoms with E-state index in [2.05, 4.69) is 10.3 Å². The number of hydrogen-bond acceptors (Lipinski definition) is 4. The van der Waals surface area contributed by atoms with Gasteiger partial charge in [0, 0.05) is 13.0 Å². The number of benzene rings is 1. The fourth-order valence-electron chi connectivity index (χ4n) is 2.49. The Balaban J connectivity index is 1.56. The Morgan fingerprint density at radius 1 is 1.38 bits per heavy atom. The molecule has 8 heteroatoms. The summed E-state index contributed by atoms with van der Waals surface area (Å²) in [5, 5.41) is 2.69. The van der Waals surface area contributed by atoms with E-state index in [4.69, 9.17) is 9.15 Å². The number of aryl methyl sites for hydroxylation is 1. The van der Waals surface area contributed by atoms with Crippen molar-refractivity contribution in [1.29, 1.82) is 0 Å². The maximum Gasteiger partial charge on any atom is 0.422 e. The number of nitrogens with zero attached hydrogens (tertiary/aromatic N) is 1. The van der Waals surface area contributed by atoms with Crippen molar-refractivity contribution in [2.24, 2.45) is 5.92 Å². The average molecular weight is 368 g/mol. The molecule has 1 aliphatic carbocycles. The molecule has 0 aliphatic heterocycles. The summed E-state index contributed by atoms with van der Waals surface area (Å²) in [7, 11) is 0. The highest BCUT2D eigenvalue weighted by Crippen LogP contribution is 2.32. The van der Waals surface area contributed by atoms with Crippen molar-refractivity contribution >= 4 is 5.91 Å². The summed E-state index contributed by atoms with van der Waals surface area (Å²) >= 11 is 0. The number of aromatic nitrogens is 1. The van der Waals surface area contributed by atoms with Crippen LogP contribution in [0.3, 0.4) is 0 Å². The third kappa shape index (κ3) is 5.24. The fourth-order valence-corrected chi connectivity index (χ4v) is 2.49. The number of alkyl halides is 3. The molecule has 1 N–H and O–H groups in total. The molecule has 1 saturated carbocycles. The lowest BCUT2D eigenvalue weighted by Gasteiger charge is -2.10. The SMILES string of the molecule is Cc1nc(CC2CC2)oc1C(=O)NCc1cccc(OCC(F)(F)F)c1. The molecule has 0 saturated heterocycles. The van der Waals surface area contributed by atoms with Crippen LogP contribution in [-0.4, -0.2) is 23.7 Å². The number of halogens is 3. The van der Waals surface area contributed by atoms with Gasteiger partial charge in [-0.25, -0.2) is 4.98 Å². The number of carbonyl (C=O) groups excluding carboxylic acids is 1. The summed E-state index contributed by atoms with van der Waals surface area (Å²) in [6.45, 7) is 0.490. The molecule has 0 bridgehead atoms. The molecule has 140 valence electrons. The summed E-state index contributed by atoms with van der Waals surface area (Å²) in [5.74, 6) is 1.03. The van der Waals surface area contributed by atoms with Crippen molar-refractivity contribution in [3.63, 3.8) is 0 Å². The Morgan fingerprint density at radius 3 is 2.85 bits per heavy atom. The number of nitrogens with one attached hydrogen (secondary N) is 1. The lowest BCUT2D eigenvalue weighted by Crippen LogP contribution is -2.23. The second-order valence-corrected chi connectivity index (χ2v) is 6.40. The van der Waals surface area contributed by atoms with Gasteiger partial charge in [-0.05, 0) is 43.4 Å². The minimum absolute atomic E-state index is 0.0941. The van der Waals surface area contributed by atoms with Gasteiger partial charge in [0.1, 0.15) is 5.75 Å². The van der Waals surface area contributed by atoms with Crippen molar-refractivity contribution in [1.82, 2.24) is 10.3 Å². The van der Waals surface area contributed by atoms with Crippen molar-refractivity contribution in [3.05, 3.63) is 47.2 Å². The van der Waals surface area contributed by atoms with Crippen molar-refractivity contribution in [3.8, 4) is 5.75 Å². The van der Waals surface area contributed by atoms with Crippen molar-refractivity contribution in [2.45, 2.75) is 38.9 Å². The molecule has 5 nitrogen and oxygen atoms in total. The fraction of sp³-hybridized carbons (Fsp3) is 0.444. The maximum absolute atomic E-state index is 12.3. The van der Waals surface area contributed by atoms with E-state index < -0.39 is 18.7 Å². The number of amides is 1. The van der Waals surface area contributed by atoms with Gasteiger partial charge >= 0.3 is 6.18 Å². The smallest absolute Gasteiger partial charge is 0.422 e. The predicted octanol–water partition coefficient (Wildman–Crippen LogP) is 3.81.